The summed E-state index contributed by atoms with van der Waals surface area (Å²) in [6.45, 7) is 3.80. The molecule has 1 fully saturated rings. The second-order valence-electron chi connectivity index (χ2n) is 4.89. The highest BCUT2D eigenvalue weighted by Crippen LogP contribution is 2.22. The van der Waals surface area contributed by atoms with Gasteiger partial charge in [-0.25, -0.2) is 0 Å². The van der Waals surface area contributed by atoms with E-state index in [4.69, 9.17) is 4.74 Å². The third-order valence-electron chi connectivity index (χ3n) is 3.45. The van der Waals surface area contributed by atoms with Gasteiger partial charge in [-0.05, 0) is 32.9 Å². The smallest absolute Gasteiger partial charge is 0.324 e. The zero-order valence-corrected chi connectivity index (χ0v) is 14.2. The lowest BCUT2D eigenvalue weighted by Crippen LogP contribution is -2.51. The van der Waals surface area contributed by atoms with Gasteiger partial charge in [0.05, 0.1) is 13.2 Å². The molecule has 0 spiro atoms. The zero-order chi connectivity index (χ0) is 16.0. The summed E-state index contributed by atoms with van der Waals surface area (Å²) in [7, 11) is -3.78. The Labute approximate surface area is 130 Å². The molecule has 0 saturated carbocycles. The van der Waals surface area contributed by atoms with Crippen LogP contribution in [0.4, 0.5) is 0 Å². The molecular weight excluding hydrogens is 316 g/mol. The Bertz CT molecular complexity index is 439. The van der Waals surface area contributed by atoms with Crippen LogP contribution in [0.25, 0.3) is 0 Å². The Kier molecular flexibility index (Phi) is 7.41. The first-order valence-corrected chi connectivity index (χ1v) is 9.69. The summed E-state index contributed by atoms with van der Waals surface area (Å²) in [4.78, 5) is 11.8. The minimum absolute atomic E-state index is 0.119. The summed E-state index contributed by atoms with van der Waals surface area (Å²) in [5, 5.41) is 8.99. The molecule has 9 heteroatoms. The van der Waals surface area contributed by atoms with Crippen LogP contribution >= 0.6 is 11.8 Å². The summed E-state index contributed by atoms with van der Waals surface area (Å²) < 4.78 is 33.5. The van der Waals surface area contributed by atoms with E-state index < -0.39 is 28.3 Å². The number of hydrogen-bond donors (Lipinski definition) is 2. The highest BCUT2D eigenvalue weighted by molar-refractivity contribution is 7.99. The number of esters is 1. The van der Waals surface area contributed by atoms with Crippen molar-refractivity contribution in [3.63, 3.8) is 0 Å². The van der Waals surface area contributed by atoms with Gasteiger partial charge < -0.3 is 9.84 Å². The second kappa shape index (κ2) is 8.33. The van der Waals surface area contributed by atoms with E-state index in [0.717, 1.165) is 4.31 Å². The van der Waals surface area contributed by atoms with Crippen LogP contribution in [0.5, 0.6) is 0 Å². The molecule has 1 aliphatic heterocycles. The van der Waals surface area contributed by atoms with Crippen molar-refractivity contribution in [3.05, 3.63) is 0 Å². The Morgan fingerprint density at radius 2 is 2.24 bits per heavy atom. The van der Waals surface area contributed by atoms with E-state index in [1.165, 1.54) is 11.8 Å². The summed E-state index contributed by atoms with van der Waals surface area (Å²) in [5.74, 6) is -0.503. The maximum Gasteiger partial charge on any atom is 0.324 e. The number of nitrogens with one attached hydrogen (secondary N) is 1. The van der Waals surface area contributed by atoms with Crippen molar-refractivity contribution in [1.82, 2.24) is 9.03 Å². The van der Waals surface area contributed by atoms with Crippen molar-refractivity contribution in [3.8, 4) is 0 Å². The van der Waals surface area contributed by atoms with Crippen molar-refractivity contribution in [2.45, 2.75) is 44.0 Å². The van der Waals surface area contributed by atoms with Crippen molar-refractivity contribution in [2.24, 2.45) is 0 Å². The van der Waals surface area contributed by atoms with E-state index in [9.17, 15) is 18.3 Å². The summed E-state index contributed by atoms with van der Waals surface area (Å²) in [6.07, 6.45) is 2.91. The van der Waals surface area contributed by atoms with E-state index in [1.807, 2.05) is 6.26 Å². The quantitative estimate of drug-likeness (QED) is 0.602. The number of rotatable bonds is 8. The molecular formula is C12H24N2O5S2. The molecule has 0 aromatic heterocycles. The molecule has 0 aromatic rings. The number of aliphatic hydroxyl groups excluding tert-OH is 1. The van der Waals surface area contributed by atoms with Gasteiger partial charge in [0.15, 0.2) is 0 Å². The van der Waals surface area contributed by atoms with Gasteiger partial charge in [-0.1, -0.05) is 0 Å². The van der Waals surface area contributed by atoms with Gasteiger partial charge in [-0.2, -0.15) is 29.2 Å². The largest absolute Gasteiger partial charge is 0.465 e. The van der Waals surface area contributed by atoms with E-state index in [1.54, 1.807) is 13.8 Å². The topological polar surface area (TPSA) is 95.9 Å². The maximum atomic E-state index is 12.4. The van der Waals surface area contributed by atoms with Gasteiger partial charge in [0.25, 0.3) is 10.2 Å². The highest BCUT2D eigenvalue weighted by atomic mass is 32.2. The fraction of sp³-hybridized carbons (Fsp3) is 0.917. The lowest BCUT2D eigenvalue weighted by atomic mass is 10.2. The maximum absolute atomic E-state index is 12.4. The number of carbonyl (C=O) groups is 1. The first-order chi connectivity index (χ1) is 9.87. The molecule has 0 radical (unpaired) electrons. The van der Waals surface area contributed by atoms with Gasteiger partial charge in [-0.3, -0.25) is 4.79 Å². The van der Waals surface area contributed by atoms with Gasteiger partial charge >= 0.3 is 5.97 Å². The molecule has 3 unspecified atom stereocenters. The van der Waals surface area contributed by atoms with Crippen LogP contribution in [-0.2, 0) is 19.7 Å². The number of carbonyl (C=O) groups excluding carboxylic acids is 1. The number of ether oxygens (including phenoxy) is 1. The third kappa shape index (κ3) is 4.82. The normalized spacial score (nSPS) is 23.0. The standard InChI is InChI=1S/C12H24N2O5S2/c1-4-19-12(16)10-6-5-7-14(10)21(17,18)13-9(2)11(8-15)20-3/h9-11,13,15H,4-8H2,1-3H3. The van der Waals surface area contributed by atoms with Crippen LogP contribution in [0.15, 0.2) is 0 Å². The average Bonchev–Trinajstić information content (AvgIpc) is 2.90. The van der Waals surface area contributed by atoms with Gasteiger partial charge in [0.1, 0.15) is 6.04 Å². The molecule has 1 heterocycles. The average molecular weight is 340 g/mol. The van der Waals surface area contributed by atoms with E-state index in [0.29, 0.717) is 19.4 Å². The molecule has 124 valence electrons. The molecule has 21 heavy (non-hydrogen) atoms. The van der Waals surface area contributed by atoms with Gasteiger partial charge in [-0.15, -0.1) is 0 Å². The minimum atomic E-state index is -3.78. The van der Waals surface area contributed by atoms with Crippen molar-refractivity contribution in [2.75, 3.05) is 26.0 Å². The zero-order valence-electron chi connectivity index (χ0n) is 12.6. The molecule has 3 atom stereocenters. The van der Waals surface area contributed by atoms with Gasteiger partial charge in [0, 0.05) is 17.8 Å². The molecule has 1 rings (SSSR count). The van der Waals surface area contributed by atoms with Gasteiger partial charge in [0.2, 0.25) is 0 Å². The molecule has 2 N–H and O–H groups in total. The molecule has 0 bridgehead atoms. The van der Waals surface area contributed by atoms with Crippen molar-refractivity contribution < 1.29 is 23.1 Å². The Balaban J connectivity index is 2.79. The van der Waals surface area contributed by atoms with Crippen LogP contribution in [0, 0.1) is 0 Å². The number of hydrogen-bond acceptors (Lipinski definition) is 6. The lowest BCUT2D eigenvalue weighted by Gasteiger charge is -2.27. The minimum Gasteiger partial charge on any atom is -0.465 e. The molecule has 0 aromatic carbocycles. The van der Waals surface area contributed by atoms with Crippen LogP contribution in [-0.4, -0.2) is 67.1 Å². The molecule has 1 aliphatic rings. The van der Waals surface area contributed by atoms with Crippen LogP contribution < -0.4 is 4.72 Å². The van der Waals surface area contributed by atoms with Crippen LogP contribution in [0.1, 0.15) is 26.7 Å². The predicted molar refractivity (Wildman–Crippen MR) is 82.3 cm³/mol. The number of aliphatic hydroxyl groups is 1. The van der Waals surface area contributed by atoms with Crippen LogP contribution in [0.3, 0.4) is 0 Å². The summed E-state index contributed by atoms with van der Waals surface area (Å²) in [6, 6.07) is -1.19. The first-order valence-electron chi connectivity index (χ1n) is 6.96. The fourth-order valence-corrected chi connectivity index (χ4v) is 4.69. The first kappa shape index (κ1) is 18.7. The Morgan fingerprint density at radius 3 is 2.76 bits per heavy atom. The monoisotopic (exact) mass is 340 g/mol. The molecule has 7 nitrogen and oxygen atoms in total. The highest BCUT2D eigenvalue weighted by Gasteiger charge is 2.40. The summed E-state index contributed by atoms with van der Waals surface area (Å²) in [5.41, 5.74) is 0. The van der Waals surface area contributed by atoms with Crippen molar-refractivity contribution >= 4 is 27.9 Å². The SMILES string of the molecule is CCOC(=O)C1CCCN1S(=O)(=O)NC(C)C(CO)SC. The van der Waals surface area contributed by atoms with Crippen molar-refractivity contribution in [1.29, 1.82) is 0 Å². The van der Waals surface area contributed by atoms with Crippen LogP contribution in [0.2, 0.25) is 0 Å². The molecule has 0 amide bonds. The Hall–Kier alpha value is -0.350. The van der Waals surface area contributed by atoms with E-state index in [-0.39, 0.29) is 18.5 Å². The molecule has 1 saturated heterocycles. The predicted octanol–water partition coefficient (Wildman–Crippen LogP) is -0.0393. The number of thioether (sulfide) groups is 1. The number of nitrogens with zero attached hydrogens (tertiary/aromatic N) is 1. The second-order valence-corrected chi connectivity index (χ2v) is 7.62. The van der Waals surface area contributed by atoms with E-state index >= 15 is 0 Å². The Morgan fingerprint density at radius 1 is 1.57 bits per heavy atom. The third-order valence-corrected chi connectivity index (χ3v) is 6.33. The lowest BCUT2D eigenvalue weighted by molar-refractivity contribution is -0.146. The fourth-order valence-electron chi connectivity index (χ4n) is 2.32. The summed E-state index contributed by atoms with van der Waals surface area (Å²) >= 11 is 1.39. The molecule has 0 aliphatic carbocycles. The van der Waals surface area contributed by atoms with E-state index in [2.05, 4.69) is 4.72 Å².